The van der Waals surface area contributed by atoms with E-state index in [-0.39, 0.29) is 48.4 Å². The van der Waals surface area contributed by atoms with Crippen LogP contribution < -0.4 is 0 Å². The lowest BCUT2D eigenvalue weighted by molar-refractivity contribution is 0.0171. The highest BCUT2D eigenvalue weighted by molar-refractivity contribution is 5.53. The fourth-order valence-corrected chi connectivity index (χ4v) is 6.46. The van der Waals surface area contributed by atoms with E-state index in [1.165, 1.54) is 0 Å². The van der Waals surface area contributed by atoms with Crippen LogP contribution >= 0.6 is 0 Å². The summed E-state index contributed by atoms with van der Waals surface area (Å²) in [6, 6.07) is 6.94. The summed E-state index contributed by atoms with van der Waals surface area (Å²) in [5.74, 6) is -0.923. The summed E-state index contributed by atoms with van der Waals surface area (Å²) < 4.78 is 0. The van der Waals surface area contributed by atoms with E-state index in [1.54, 1.807) is 37.3 Å². The van der Waals surface area contributed by atoms with Gasteiger partial charge in [0.25, 0.3) is 0 Å². The molecule has 9 nitrogen and oxygen atoms in total. The quantitative estimate of drug-likeness (QED) is 0.223. The van der Waals surface area contributed by atoms with Crippen LogP contribution in [0.1, 0.15) is 71.9 Å². The lowest BCUT2D eigenvalue weighted by Gasteiger charge is -2.46. The van der Waals surface area contributed by atoms with Gasteiger partial charge in [-0.25, -0.2) is 0 Å². The number of hydrogen-bond acceptors (Lipinski definition) is 9. The number of phenols is 2. The van der Waals surface area contributed by atoms with Crippen molar-refractivity contribution >= 4 is 0 Å². The van der Waals surface area contributed by atoms with E-state index in [9.17, 15) is 46.0 Å². The third-order valence-corrected chi connectivity index (χ3v) is 9.10. The highest BCUT2D eigenvalue weighted by Crippen LogP contribution is 2.53. The summed E-state index contributed by atoms with van der Waals surface area (Å²) in [6.45, 7) is -0.782. The first-order valence-electron chi connectivity index (χ1n) is 13.6. The minimum Gasteiger partial charge on any atom is -0.507 e. The zero-order valence-corrected chi connectivity index (χ0v) is 22.7. The van der Waals surface area contributed by atoms with Crippen LogP contribution in [-0.2, 0) is 31.8 Å². The van der Waals surface area contributed by atoms with Crippen molar-refractivity contribution in [1.82, 2.24) is 0 Å². The summed E-state index contributed by atoms with van der Waals surface area (Å²) in [5, 5.41) is 91.6. The van der Waals surface area contributed by atoms with Gasteiger partial charge in [0.1, 0.15) is 11.5 Å². The molecular formula is C31H40O9. The second kappa shape index (κ2) is 12.0. The van der Waals surface area contributed by atoms with E-state index in [0.717, 1.165) is 16.7 Å². The topological polar surface area (TPSA) is 182 Å². The second-order valence-electron chi connectivity index (χ2n) is 11.2. The van der Waals surface area contributed by atoms with E-state index in [1.807, 2.05) is 6.08 Å². The molecule has 9 N–H and O–H groups in total. The lowest BCUT2D eigenvalue weighted by Crippen LogP contribution is -2.44. The normalized spacial score (nSPS) is 26.9. The van der Waals surface area contributed by atoms with E-state index in [0.29, 0.717) is 42.4 Å². The van der Waals surface area contributed by atoms with Gasteiger partial charge >= 0.3 is 0 Å². The number of aromatic hydroxyl groups is 2. The molecule has 1 fully saturated rings. The molecule has 0 aromatic heterocycles. The number of benzene rings is 2. The summed E-state index contributed by atoms with van der Waals surface area (Å²) in [7, 11) is 0. The van der Waals surface area contributed by atoms with Gasteiger partial charge in [0, 0.05) is 33.6 Å². The average Bonchev–Trinajstić information content (AvgIpc) is 2.97. The highest BCUT2D eigenvalue weighted by Gasteiger charge is 2.45. The minimum absolute atomic E-state index is 0.0401. The Bertz CT molecular complexity index is 1240. The molecular weight excluding hydrogens is 516 g/mol. The third-order valence-electron chi connectivity index (χ3n) is 9.10. The predicted molar refractivity (Wildman–Crippen MR) is 147 cm³/mol. The van der Waals surface area contributed by atoms with Crippen LogP contribution in [0.2, 0.25) is 0 Å². The van der Waals surface area contributed by atoms with Gasteiger partial charge in [-0.2, -0.15) is 0 Å². The molecule has 0 aliphatic heterocycles. The van der Waals surface area contributed by atoms with Crippen LogP contribution in [0.25, 0.3) is 0 Å². The summed E-state index contributed by atoms with van der Waals surface area (Å²) in [5.41, 5.74) is 1.89. The van der Waals surface area contributed by atoms with Gasteiger partial charge in [-0.1, -0.05) is 12.2 Å². The van der Waals surface area contributed by atoms with E-state index in [4.69, 9.17) is 0 Å². The van der Waals surface area contributed by atoms with Gasteiger partial charge in [0.15, 0.2) is 0 Å². The molecule has 4 rings (SSSR count). The van der Waals surface area contributed by atoms with E-state index in [2.05, 4.69) is 0 Å². The van der Waals surface area contributed by atoms with Crippen LogP contribution in [0.15, 0.2) is 47.6 Å². The third kappa shape index (κ3) is 5.19. The number of rotatable bonds is 9. The van der Waals surface area contributed by atoms with Crippen LogP contribution in [0.3, 0.4) is 0 Å². The molecule has 2 aliphatic rings. The molecule has 0 radical (unpaired) electrons. The Hall–Kier alpha value is -2.76. The standard InChI is InChI=1S/C31H40O9/c1-30(40)26(16-36)10-25(11-27(30)17-37)31(24-8-22(14-34)29(39)23(9-24)15-35)4-2-18(3-5-31)19-6-20(12-32)28(38)21(7-19)13-33/h6-11,18,26,32-40H,2-5,12-17H2,1H3. The number of aliphatic hydroxyl groups is 7. The van der Waals surface area contributed by atoms with Crippen molar-refractivity contribution < 1.29 is 46.0 Å². The first-order valence-corrected chi connectivity index (χ1v) is 13.6. The van der Waals surface area contributed by atoms with Crippen molar-refractivity contribution in [3.63, 3.8) is 0 Å². The Morgan fingerprint density at radius 2 is 1.20 bits per heavy atom. The molecule has 9 heteroatoms. The Morgan fingerprint density at radius 3 is 1.62 bits per heavy atom. The molecule has 2 atom stereocenters. The van der Waals surface area contributed by atoms with Gasteiger partial charge in [-0.3, -0.25) is 0 Å². The zero-order chi connectivity index (χ0) is 29.2. The molecule has 2 aromatic rings. The largest absolute Gasteiger partial charge is 0.507 e. The van der Waals surface area contributed by atoms with Crippen molar-refractivity contribution in [2.45, 2.75) is 76.0 Å². The first kappa shape index (κ1) is 30.2. The Labute approximate surface area is 233 Å². The predicted octanol–water partition coefficient (Wildman–Crippen LogP) is 1.88. The van der Waals surface area contributed by atoms with Crippen LogP contribution in [0.4, 0.5) is 0 Å². The number of allylic oxidation sites excluding steroid dienone is 2. The van der Waals surface area contributed by atoms with Crippen LogP contribution in [-0.4, -0.2) is 64.8 Å². The van der Waals surface area contributed by atoms with Crippen LogP contribution in [0.5, 0.6) is 11.5 Å². The van der Waals surface area contributed by atoms with Crippen molar-refractivity contribution in [3.05, 3.63) is 80.9 Å². The molecule has 0 spiro atoms. The molecule has 0 bridgehead atoms. The van der Waals surface area contributed by atoms with Gasteiger partial charge in [0.05, 0.1) is 45.2 Å². The van der Waals surface area contributed by atoms with Crippen molar-refractivity contribution in [2.75, 3.05) is 13.2 Å². The second-order valence-corrected chi connectivity index (χ2v) is 11.2. The monoisotopic (exact) mass is 556 g/mol. The van der Waals surface area contributed by atoms with Gasteiger partial charge in [-0.15, -0.1) is 0 Å². The van der Waals surface area contributed by atoms with Gasteiger partial charge in [0.2, 0.25) is 0 Å². The lowest BCUT2D eigenvalue weighted by atomic mass is 9.59. The van der Waals surface area contributed by atoms with Crippen LogP contribution in [0, 0.1) is 5.92 Å². The molecule has 218 valence electrons. The summed E-state index contributed by atoms with van der Waals surface area (Å²) in [6.07, 6.45) is 6.06. The van der Waals surface area contributed by atoms with Crippen molar-refractivity contribution in [2.24, 2.45) is 5.92 Å². The summed E-state index contributed by atoms with van der Waals surface area (Å²) >= 11 is 0. The van der Waals surface area contributed by atoms with Crippen molar-refractivity contribution in [3.8, 4) is 11.5 Å². The molecule has 1 saturated carbocycles. The Morgan fingerprint density at radius 1 is 0.725 bits per heavy atom. The molecule has 2 aliphatic carbocycles. The molecule has 40 heavy (non-hydrogen) atoms. The molecule has 2 unspecified atom stereocenters. The van der Waals surface area contributed by atoms with E-state index >= 15 is 0 Å². The van der Waals surface area contributed by atoms with E-state index < -0.39 is 36.8 Å². The molecule has 2 aromatic carbocycles. The molecule has 0 heterocycles. The minimum atomic E-state index is -1.44. The first-order chi connectivity index (χ1) is 19.1. The number of hydrogen-bond donors (Lipinski definition) is 9. The average molecular weight is 557 g/mol. The zero-order valence-electron chi connectivity index (χ0n) is 22.7. The maximum Gasteiger partial charge on any atom is 0.126 e. The number of aliphatic hydroxyl groups excluding tert-OH is 6. The molecule has 0 saturated heterocycles. The van der Waals surface area contributed by atoms with Gasteiger partial charge in [-0.05, 0) is 85.1 Å². The Balaban J connectivity index is 1.84. The van der Waals surface area contributed by atoms with Gasteiger partial charge < -0.3 is 46.0 Å². The molecule has 0 amide bonds. The maximum absolute atomic E-state index is 11.1. The Kier molecular flexibility index (Phi) is 9.06. The fraction of sp³-hybridized carbons (Fsp3) is 0.484. The van der Waals surface area contributed by atoms with Crippen molar-refractivity contribution in [1.29, 1.82) is 0 Å². The SMILES string of the molecule is CC1(O)C(CO)=CC(C2(c3cc(CO)c(O)c(CO)c3)CCC(c3cc(CO)c(O)c(CO)c3)CC2)=CC1CO. The maximum atomic E-state index is 11.1. The summed E-state index contributed by atoms with van der Waals surface area (Å²) in [4.78, 5) is 0. The fourth-order valence-electron chi connectivity index (χ4n) is 6.46. The highest BCUT2D eigenvalue weighted by atomic mass is 16.3. The smallest absolute Gasteiger partial charge is 0.126 e.